The molecule has 2 aliphatic rings. The zero-order valence-electron chi connectivity index (χ0n) is 10.0. The Hall–Kier alpha value is -0.120. The molecular formula is C12H24N2O. The summed E-state index contributed by atoms with van der Waals surface area (Å²) >= 11 is 0. The van der Waals surface area contributed by atoms with Crippen molar-refractivity contribution in [1.82, 2.24) is 9.80 Å². The van der Waals surface area contributed by atoms with Crippen molar-refractivity contribution >= 4 is 0 Å². The van der Waals surface area contributed by atoms with Crippen molar-refractivity contribution in [2.45, 2.75) is 51.2 Å². The van der Waals surface area contributed by atoms with Gasteiger partial charge in [-0.25, -0.2) is 0 Å². The fraction of sp³-hybridized carbons (Fsp3) is 1.00. The highest BCUT2D eigenvalue weighted by Gasteiger charge is 2.37. The molecule has 0 aromatic carbocycles. The molecule has 0 aromatic rings. The minimum absolute atomic E-state index is 0.333. The van der Waals surface area contributed by atoms with Gasteiger partial charge in [0.15, 0.2) is 0 Å². The van der Waals surface area contributed by atoms with Crippen LogP contribution in [-0.2, 0) is 0 Å². The van der Waals surface area contributed by atoms with E-state index in [1.54, 1.807) is 0 Å². The van der Waals surface area contributed by atoms with Gasteiger partial charge in [0.05, 0.1) is 0 Å². The Bertz CT molecular complexity index is 204. The SMILES string of the molecule is CC(C)N1CCN(C2CC2)[C@H](CCO)C1. The molecule has 1 atom stereocenters. The van der Waals surface area contributed by atoms with E-state index in [0.29, 0.717) is 18.7 Å². The van der Waals surface area contributed by atoms with Crippen LogP contribution in [0.1, 0.15) is 33.1 Å². The van der Waals surface area contributed by atoms with Crippen LogP contribution >= 0.6 is 0 Å². The first-order valence-corrected chi connectivity index (χ1v) is 6.33. The third-order valence-electron chi connectivity index (χ3n) is 3.77. The third kappa shape index (κ3) is 2.71. The summed E-state index contributed by atoms with van der Waals surface area (Å²) in [5.41, 5.74) is 0. The van der Waals surface area contributed by atoms with E-state index in [2.05, 4.69) is 23.6 Å². The average Bonchev–Trinajstić information content (AvgIpc) is 3.01. The standard InChI is InChI=1S/C12H24N2O/c1-10(2)13-6-7-14(11-3-4-11)12(9-13)5-8-15/h10-12,15H,3-9H2,1-2H3/t12-/m1/s1. The van der Waals surface area contributed by atoms with Gasteiger partial charge in [-0.05, 0) is 33.1 Å². The monoisotopic (exact) mass is 212 g/mol. The Balaban J connectivity index is 1.92. The molecule has 1 aliphatic carbocycles. The van der Waals surface area contributed by atoms with Gasteiger partial charge >= 0.3 is 0 Å². The smallest absolute Gasteiger partial charge is 0.0446 e. The first kappa shape index (κ1) is 11.4. The molecule has 3 nitrogen and oxygen atoms in total. The normalized spacial score (nSPS) is 30.0. The third-order valence-corrected chi connectivity index (χ3v) is 3.77. The first-order chi connectivity index (χ1) is 7.22. The van der Waals surface area contributed by atoms with Crippen molar-refractivity contribution in [3.8, 4) is 0 Å². The Kier molecular flexibility index (Phi) is 3.65. The summed E-state index contributed by atoms with van der Waals surface area (Å²) in [4.78, 5) is 5.17. The highest BCUT2D eigenvalue weighted by atomic mass is 16.3. The van der Waals surface area contributed by atoms with Gasteiger partial charge < -0.3 is 5.11 Å². The van der Waals surface area contributed by atoms with Crippen molar-refractivity contribution in [3.63, 3.8) is 0 Å². The van der Waals surface area contributed by atoms with Crippen LogP contribution < -0.4 is 0 Å². The van der Waals surface area contributed by atoms with Crippen LogP contribution in [0, 0.1) is 0 Å². The number of aliphatic hydroxyl groups is 1. The highest BCUT2D eigenvalue weighted by Crippen LogP contribution is 2.31. The Labute approximate surface area is 93.1 Å². The number of aliphatic hydroxyl groups excluding tert-OH is 1. The van der Waals surface area contributed by atoms with Crippen molar-refractivity contribution < 1.29 is 5.11 Å². The quantitative estimate of drug-likeness (QED) is 0.751. The molecule has 0 bridgehead atoms. The lowest BCUT2D eigenvalue weighted by molar-refractivity contribution is 0.0386. The molecule has 88 valence electrons. The molecule has 1 saturated heterocycles. The average molecular weight is 212 g/mol. The second-order valence-electron chi connectivity index (χ2n) is 5.22. The van der Waals surface area contributed by atoms with Crippen LogP contribution in [0.4, 0.5) is 0 Å². The summed E-state index contributed by atoms with van der Waals surface area (Å²) < 4.78 is 0. The van der Waals surface area contributed by atoms with Gasteiger partial charge in [0, 0.05) is 44.4 Å². The lowest BCUT2D eigenvalue weighted by Gasteiger charge is -2.43. The summed E-state index contributed by atoms with van der Waals surface area (Å²) in [6.45, 7) is 8.42. The predicted octanol–water partition coefficient (Wildman–Crippen LogP) is 0.926. The second-order valence-corrected chi connectivity index (χ2v) is 5.22. The molecule has 2 rings (SSSR count). The van der Waals surface area contributed by atoms with Gasteiger partial charge in [-0.2, -0.15) is 0 Å². The van der Waals surface area contributed by atoms with Crippen LogP contribution in [0.25, 0.3) is 0 Å². The maximum absolute atomic E-state index is 9.12. The molecule has 1 saturated carbocycles. The summed E-state index contributed by atoms with van der Waals surface area (Å²) in [5, 5.41) is 9.12. The van der Waals surface area contributed by atoms with E-state index in [-0.39, 0.29) is 0 Å². The van der Waals surface area contributed by atoms with E-state index in [4.69, 9.17) is 5.11 Å². The lowest BCUT2D eigenvalue weighted by Crippen LogP contribution is -2.55. The lowest BCUT2D eigenvalue weighted by atomic mass is 10.1. The number of nitrogens with zero attached hydrogens (tertiary/aromatic N) is 2. The van der Waals surface area contributed by atoms with Gasteiger partial charge in [0.1, 0.15) is 0 Å². The van der Waals surface area contributed by atoms with Crippen LogP contribution in [-0.4, -0.2) is 59.3 Å². The molecule has 3 heteroatoms. The largest absolute Gasteiger partial charge is 0.396 e. The molecule has 2 fully saturated rings. The Morgan fingerprint density at radius 3 is 2.53 bits per heavy atom. The molecule has 1 N–H and O–H groups in total. The summed E-state index contributed by atoms with van der Waals surface area (Å²) in [6.07, 6.45) is 3.70. The van der Waals surface area contributed by atoms with Gasteiger partial charge in [0.2, 0.25) is 0 Å². The minimum Gasteiger partial charge on any atom is -0.396 e. The van der Waals surface area contributed by atoms with Crippen molar-refractivity contribution in [3.05, 3.63) is 0 Å². The van der Waals surface area contributed by atoms with Crippen LogP contribution in [0.3, 0.4) is 0 Å². The number of hydrogen-bond donors (Lipinski definition) is 1. The molecule has 0 aromatic heterocycles. The van der Waals surface area contributed by atoms with Crippen LogP contribution in [0.5, 0.6) is 0 Å². The van der Waals surface area contributed by atoms with E-state index >= 15 is 0 Å². The molecule has 0 amide bonds. The predicted molar refractivity (Wildman–Crippen MR) is 61.9 cm³/mol. The van der Waals surface area contributed by atoms with Gasteiger partial charge in [-0.15, -0.1) is 0 Å². The van der Waals surface area contributed by atoms with Crippen molar-refractivity contribution in [2.24, 2.45) is 0 Å². The first-order valence-electron chi connectivity index (χ1n) is 6.33. The van der Waals surface area contributed by atoms with E-state index in [9.17, 15) is 0 Å². The summed E-state index contributed by atoms with van der Waals surface area (Å²) in [7, 11) is 0. The van der Waals surface area contributed by atoms with Crippen molar-refractivity contribution in [1.29, 1.82) is 0 Å². The molecular weight excluding hydrogens is 188 g/mol. The number of hydrogen-bond acceptors (Lipinski definition) is 3. The fourth-order valence-corrected chi connectivity index (χ4v) is 2.66. The Morgan fingerprint density at radius 1 is 1.27 bits per heavy atom. The zero-order valence-corrected chi connectivity index (χ0v) is 10.0. The summed E-state index contributed by atoms with van der Waals surface area (Å²) in [6, 6.07) is 2.09. The maximum atomic E-state index is 9.12. The minimum atomic E-state index is 0.333. The van der Waals surface area contributed by atoms with E-state index in [1.165, 1.54) is 25.9 Å². The van der Waals surface area contributed by atoms with Crippen molar-refractivity contribution in [2.75, 3.05) is 26.2 Å². The molecule has 15 heavy (non-hydrogen) atoms. The zero-order chi connectivity index (χ0) is 10.8. The second kappa shape index (κ2) is 4.81. The highest BCUT2D eigenvalue weighted by molar-refractivity contribution is 4.93. The van der Waals surface area contributed by atoms with Crippen LogP contribution in [0.15, 0.2) is 0 Å². The van der Waals surface area contributed by atoms with Gasteiger partial charge in [-0.1, -0.05) is 0 Å². The number of piperazine rings is 1. The maximum Gasteiger partial charge on any atom is 0.0446 e. The molecule has 0 spiro atoms. The fourth-order valence-electron chi connectivity index (χ4n) is 2.66. The van der Waals surface area contributed by atoms with E-state index < -0.39 is 0 Å². The molecule has 0 radical (unpaired) electrons. The number of rotatable bonds is 4. The van der Waals surface area contributed by atoms with Crippen LogP contribution in [0.2, 0.25) is 0 Å². The topological polar surface area (TPSA) is 26.7 Å². The summed E-state index contributed by atoms with van der Waals surface area (Å²) in [5.74, 6) is 0. The van der Waals surface area contributed by atoms with Gasteiger partial charge in [0.25, 0.3) is 0 Å². The molecule has 1 aliphatic heterocycles. The molecule has 1 heterocycles. The van der Waals surface area contributed by atoms with E-state index in [1.807, 2.05) is 0 Å². The molecule has 0 unspecified atom stereocenters. The Morgan fingerprint density at radius 2 is 2.00 bits per heavy atom. The van der Waals surface area contributed by atoms with E-state index in [0.717, 1.165) is 19.0 Å². The van der Waals surface area contributed by atoms with Gasteiger partial charge in [-0.3, -0.25) is 9.80 Å².